The van der Waals surface area contributed by atoms with E-state index in [0.717, 1.165) is 17.8 Å². The van der Waals surface area contributed by atoms with E-state index < -0.39 is 18.7 Å². The van der Waals surface area contributed by atoms with E-state index in [0.29, 0.717) is 18.8 Å². The Balaban J connectivity index is 1.80. The highest BCUT2D eigenvalue weighted by Crippen LogP contribution is 2.23. The number of amides is 3. The zero-order valence-electron chi connectivity index (χ0n) is 15.8. The van der Waals surface area contributed by atoms with Gasteiger partial charge < -0.3 is 26.0 Å². The molecule has 160 valence electrons. The summed E-state index contributed by atoms with van der Waals surface area (Å²) >= 11 is 0. The van der Waals surface area contributed by atoms with Gasteiger partial charge in [-0.1, -0.05) is 0 Å². The molecule has 29 heavy (non-hydrogen) atoms. The van der Waals surface area contributed by atoms with Gasteiger partial charge in [0.25, 0.3) is 0 Å². The third-order valence-electron chi connectivity index (χ3n) is 3.62. The molecule has 0 aliphatic carbocycles. The molecule has 1 heterocycles. The summed E-state index contributed by atoms with van der Waals surface area (Å²) in [5, 5.41) is 17.1. The Labute approximate surface area is 165 Å². The van der Waals surface area contributed by atoms with E-state index in [1.165, 1.54) is 19.1 Å². The van der Waals surface area contributed by atoms with E-state index in [1.807, 2.05) is 13.0 Å². The average molecular weight is 416 g/mol. The lowest BCUT2D eigenvalue weighted by atomic mass is 10.3. The van der Waals surface area contributed by atoms with Crippen LogP contribution in [0.5, 0.6) is 5.75 Å². The van der Waals surface area contributed by atoms with Crippen LogP contribution in [0.4, 0.5) is 23.7 Å². The minimum atomic E-state index is -4.78. The van der Waals surface area contributed by atoms with Crippen molar-refractivity contribution in [2.24, 2.45) is 0 Å². The van der Waals surface area contributed by atoms with Crippen LogP contribution in [0.15, 0.2) is 36.0 Å². The van der Waals surface area contributed by atoms with Gasteiger partial charge in [0.05, 0.1) is 6.17 Å². The number of hydrogen-bond donors (Lipinski definition) is 6. The largest absolute Gasteiger partial charge is 0.573 e. The number of urea groups is 1. The van der Waals surface area contributed by atoms with Gasteiger partial charge in [0, 0.05) is 31.4 Å². The molecule has 0 saturated carbocycles. The third-order valence-corrected chi connectivity index (χ3v) is 3.62. The van der Waals surface area contributed by atoms with Gasteiger partial charge in [-0.2, -0.15) is 0 Å². The summed E-state index contributed by atoms with van der Waals surface area (Å²) in [4.78, 5) is 23.0. The summed E-state index contributed by atoms with van der Waals surface area (Å²) in [5.41, 5.74) is 1.12. The number of carbonyl (C=O) groups excluding carboxylic acids is 2. The smallest absolute Gasteiger partial charge is 0.406 e. The summed E-state index contributed by atoms with van der Waals surface area (Å²) < 4.78 is 40.3. The van der Waals surface area contributed by atoms with Crippen molar-refractivity contribution >= 4 is 17.6 Å². The second-order valence-corrected chi connectivity index (χ2v) is 6.18. The topological polar surface area (TPSA) is 116 Å². The molecule has 1 aliphatic heterocycles. The standard InChI is InChI=1S/C17H23F3N6O3/c1-10-9-14(22-8-7-21-11(2)27)25-15(23-10)26-16(28)24-12-3-5-13(6-4-12)29-17(18,19)20/h3-6,9,14-15,22-23,25H,7-8H2,1-2H3,(H,21,27)(H2,24,26,28). The van der Waals surface area contributed by atoms with Crippen LogP contribution in [0, 0.1) is 0 Å². The van der Waals surface area contributed by atoms with Crippen molar-refractivity contribution < 1.29 is 27.5 Å². The first-order valence-electron chi connectivity index (χ1n) is 8.73. The fourth-order valence-corrected chi connectivity index (χ4v) is 2.50. The molecule has 0 fully saturated rings. The van der Waals surface area contributed by atoms with Crippen LogP contribution in [0.1, 0.15) is 13.8 Å². The number of anilines is 1. The monoisotopic (exact) mass is 416 g/mol. The minimum absolute atomic E-state index is 0.119. The Morgan fingerprint density at radius 1 is 1.17 bits per heavy atom. The number of rotatable bonds is 7. The van der Waals surface area contributed by atoms with Crippen LogP contribution in [0.2, 0.25) is 0 Å². The van der Waals surface area contributed by atoms with Gasteiger partial charge >= 0.3 is 12.4 Å². The lowest BCUT2D eigenvalue weighted by Gasteiger charge is -2.32. The second-order valence-electron chi connectivity index (χ2n) is 6.18. The summed E-state index contributed by atoms with van der Waals surface area (Å²) in [6.07, 6.45) is -3.73. The molecule has 1 aliphatic rings. The van der Waals surface area contributed by atoms with E-state index in [2.05, 4.69) is 36.6 Å². The van der Waals surface area contributed by atoms with Gasteiger partial charge in [-0.15, -0.1) is 13.2 Å². The molecule has 0 spiro atoms. The average Bonchev–Trinajstić information content (AvgIpc) is 2.58. The first-order chi connectivity index (χ1) is 13.6. The quantitative estimate of drug-likeness (QED) is 0.372. The Kier molecular flexibility index (Phi) is 7.67. The van der Waals surface area contributed by atoms with Gasteiger partial charge in [-0.25, -0.2) is 4.79 Å². The zero-order chi connectivity index (χ0) is 21.4. The summed E-state index contributed by atoms with van der Waals surface area (Å²) in [7, 11) is 0. The minimum Gasteiger partial charge on any atom is -0.406 e. The second kappa shape index (κ2) is 9.98. The maximum absolute atomic E-state index is 12.2. The highest BCUT2D eigenvalue weighted by Gasteiger charge is 2.31. The van der Waals surface area contributed by atoms with E-state index in [1.54, 1.807) is 0 Å². The number of ether oxygens (including phenoxy) is 1. The number of hydrogen-bond acceptors (Lipinski definition) is 6. The van der Waals surface area contributed by atoms with E-state index in [9.17, 15) is 22.8 Å². The predicted octanol–water partition coefficient (Wildman–Crippen LogP) is 1.14. The third kappa shape index (κ3) is 8.70. The van der Waals surface area contributed by atoms with Crippen molar-refractivity contribution in [3.05, 3.63) is 36.0 Å². The molecule has 2 unspecified atom stereocenters. The number of allylic oxidation sites excluding steroid dienone is 1. The number of carbonyl (C=O) groups is 2. The van der Waals surface area contributed by atoms with Crippen LogP contribution in [0.3, 0.4) is 0 Å². The van der Waals surface area contributed by atoms with Gasteiger partial charge in [0.15, 0.2) is 6.29 Å². The highest BCUT2D eigenvalue weighted by atomic mass is 19.4. The van der Waals surface area contributed by atoms with Crippen molar-refractivity contribution in [2.75, 3.05) is 18.4 Å². The molecular formula is C17H23F3N6O3. The predicted molar refractivity (Wildman–Crippen MR) is 99.6 cm³/mol. The van der Waals surface area contributed by atoms with Gasteiger partial charge in [0.2, 0.25) is 5.91 Å². The van der Waals surface area contributed by atoms with E-state index in [4.69, 9.17) is 0 Å². The van der Waals surface area contributed by atoms with E-state index >= 15 is 0 Å². The zero-order valence-corrected chi connectivity index (χ0v) is 15.8. The van der Waals surface area contributed by atoms with Crippen molar-refractivity contribution in [2.45, 2.75) is 32.7 Å². The van der Waals surface area contributed by atoms with Gasteiger partial charge in [-0.3, -0.25) is 15.4 Å². The van der Waals surface area contributed by atoms with Crippen molar-refractivity contribution in [3.63, 3.8) is 0 Å². The number of nitrogens with one attached hydrogen (secondary N) is 6. The summed E-state index contributed by atoms with van der Waals surface area (Å²) in [6.45, 7) is 4.24. The number of alkyl halides is 3. The van der Waals surface area contributed by atoms with Crippen molar-refractivity contribution in [1.29, 1.82) is 0 Å². The molecule has 12 heteroatoms. The molecule has 0 aromatic heterocycles. The molecule has 6 N–H and O–H groups in total. The lowest BCUT2D eigenvalue weighted by Crippen LogP contribution is -2.63. The van der Waals surface area contributed by atoms with Crippen LogP contribution in [0.25, 0.3) is 0 Å². The summed E-state index contributed by atoms with van der Waals surface area (Å²) in [5.74, 6) is -0.501. The van der Waals surface area contributed by atoms with E-state index in [-0.39, 0.29) is 17.8 Å². The molecular weight excluding hydrogens is 393 g/mol. The molecule has 2 atom stereocenters. The first-order valence-corrected chi connectivity index (χ1v) is 8.73. The fraction of sp³-hybridized carbons (Fsp3) is 0.412. The van der Waals surface area contributed by atoms with Crippen molar-refractivity contribution in [1.82, 2.24) is 26.6 Å². The van der Waals surface area contributed by atoms with Crippen LogP contribution in [-0.2, 0) is 4.79 Å². The van der Waals surface area contributed by atoms with Gasteiger partial charge in [-0.05, 0) is 37.3 Å². The van der Waals surface area contributed by atoms with Crippen LogP contribution < -0.4 is 36.6 Å². The molecule has 0 radical (unpaired) electrons. The normalized spacial score (nSPS) is 18.9. The Morgan fingerprint density at radius 2 is 1.86 bits per heavy atom. The van der Waals surface area contributed by atoms with Crippen molar-refractivity contribution in [3.8, 4) is 5.75 Å². The lowest BCUT2D eigenvalue weighted by molar-refractivity contribution is -0.274. The fourth-order valence-electron chi connectivity index (χ4n) is 2.50. The van der Waals surface area contributed by atoms with Crippen LogP contribution in [-0.4, -0.2) is 43.8 Å². The highest BCUT2D eigenvalue weighted by molar-refractivity contribution is 5.89. The molecule has 0 bridgehead atoms. The Morgan fingerprint density at radius 3 is 2.48 bits per heavy atom. The maximum atomic E-state index is 12.2. The molecule has 2 rings (SSSR count). The number of benzene rings is 1. The Bertz CT molecular complexity index is 739. The molecule has 1 aromatic carbocycles. The van der Waals surface area contributed by atoms with Gasteiger partial charge in [0.1, 0.15) is 5.75 Å². The Hall–Kier alpha value is -2.99. The summed E-state index contributed by atoms with van der Waals surface area (Å²) in [6, 6.07) is 4.22. The molecule has 0 saturated heterocycles. The maximum Gasteiger partial charge on any atom is 0.573 e. The number of halogens is 3. The molecule has 1 aromatic rings. The molecule has 9 nitrogen and oxygen atoms in total. The SMILES string of the molecule is CC(=O)NCCNC1C=C(C)NC(NC(=O)Nc2ccc(OC(F)(F)F)cc2)N1. The van der Waals surface area contributed by atoms with Crippen LogP contribution >= 0.6 is 0 Å². The molecule has 3 amide bonds. The first kappa shape index (κ1) is 22.3.